The molecule has 0 aliphatic carbocycles. The minimum Gasteiger partial charge on any atom is -0.484 e. The maximum atomic E-state index is 11.6. The van der Waals surface area contributed by atoms with Gasteiger partial charge in [0.2, 0.25) is 5.91 Å². The molecular formula is C17H25BrN2O3. The summed E-state index contributed by atoms with van der Waals surface area (Å²) in [5.74, 6) is 0.0577. The second-order valence-corrected chi connectivity index (χ2v) is 6.31. The van der Waals surface area contributed by atoms with Crippen molar-refractivity contribution in [2.24, 2.45) is 0 Å². The number of halogens is 1. The minimum absolute atomic E-state index is 0.141. The molecule has 1 rings (SSSR count). The lowest BCUT2D eigenvalue weighted by atomic mass is 10.1. The number of rotatable bonds is 9. The highest BCUT2D eigenvalue weighted by molar-refractivity contribution is 9.10. The van der Waals surface area contributed by atoms with Crippen molar-refractivity contribution < 1.29 is 14.3 Å². The normalized spacial score (nSPS) is 10.2. The number of unbranched alkanes of at least 4 members (excludes halogenated alkanes) is 4. The Bertz CT molecular complexity index is 521. The predicted octanol–water partition coefficient (Wildman–Crippen LogP) is 3.64. The van der Waals surface area contributed by atoms with Crippen LogP contribution in [-0.2, 0) is 9.59 Å². The first kappa shape index (κ1) is 19.5. The van der Waals surface area contributed by atoms with Gasteiger partial charge in [-0.15, -0.1) is 0 Å². The SMILES string of the molecule is CCCCCCCC(=O)NNC(=O)COc1ccc(Br)c(C)c1. The molecule has 1 aromatic carbocycles. The molecule has 5 nitrogen and oxygen atoms in total. The van der Waals surface area contributed by atoms with Gasteiger partial charge in [-0.1, -0.05) is 48.5 Å². The molecular weight excluding hydrogens is 360 g/mol. The summed E-state index contributed by atoms with van der Waals surface area (Å²) in [5.41, 5.74) is 5.79. The van der Waals surface area contributed by atoms with Gasteiger partial charge >= 0.3 is 0 Å². The molecule has 0 bridgehead atoms. The number of benzene rings is 1. The molecule has 2 N–H and O–H groups in total. The number of amides is 2. The van der Waals surface area contributed by atoms with Crippen LogP contribution >= 0.6 is 15.9 Å². The van der Waals surface area contributed by atoms with Gasteiger partial charge in [0.05, 0.1) is 0 Å². The molecule has 0 spiro atoms. The van der Waals surface area contributed by atoms with Crippen molar-refractivity contribution >= 4 is 27.7 Å². The summed E-state index contributed by atoms with van der Waals surface area (Å²) in [4.78, 5) is 23.2. The first-order chi connectivity index (χ1) is 11.0. The number of hydrazine groups is 1. The average molecular weight is 385 g/mol. The highest BCUT2D eigenvalue weighted by atomic mass is 79.9. The second-order valence-electron chi connectivity index (χ2n) is 5.46. The molecule has 23 heavy (non-hydrogen) atoms. The number of ether oxygens (including phenoxy) is 1. The maximum absolute atomic E-state index is 11.6. The van der Waals surface area contributed by atoms with Crippen molar-refractivity contribution in [3.63, 3.8) is 0 Å². The van der Waals surface area contributed by atoms with Crippen LogP contribution in [0.4, 0.5) is 0 Å². The third-order valence-corrected chi connectivity index (χ3v) is 4.24. The quantitative estimate of drug-likeness (QED) is 0.504. The minimum atomic E-state index is -0.384. The van der Waals surface area contributed by atoms with E-state index in [1.165, 1.54) is 12.8 Å². The summed E-state index contributed by atoms with van der Waals surface area (Å²) in [6, 6.07) is 5.48. The monoisotopic (exact) mass is 384 g/mol. The first-order valence-corrected chi connectivity index (χ1v) is 8.79. The van der Waals surface area contributed by atoms with Crippen molar-refractivity contribution in [2.45, 2.75) is 52.4 Å². The zero-order valence-electron chi connectivity index (χ0n) is 13.8. The van der Waals surface area contributed by atoms with Gasteiger partial charge in [0.15, 0.2) is 6.61 Å². The van der Waals surface area contributed by atoms with Crippen molar-refractivity contribution in [2.75, 3.05) is 6.61 Å². The zero-order valence-corrected chi connectivity index (χ0v) is 15.4. The van der Waals surface area contributed by atoms with Gasteiger partial charge in [0.25, 0.3) is 5.91 Å². The average Bonchev–Trinajstić information content (AvgIpc) is 2.54. The zero-order chi connectivity index (χ0) is 17.1. The van der Waals surface area contributed by atoms with Crippen LogP contribution in [0.15, 0.2) is 22.7 Å². The summed E-state index contributed by atoms with van der Waals surface area (Å²) in [6.07, 6.45) is 5.84. The van der Waals surface area contributed by atoms with Crippen LogP contribution in [0.1, 0.15) is 51.0 Å². The second kappa shape index (κ2) is 11.0. The summed E-state index contributed by atoms with van der Waals surface area (Å²) >= 11 is 3.40. The molecule has 6 heteroatoms. The molecule has 0 fully saturated rings. The largest absolute Gasteiger partial charge is 0.484 e. The Kier molecular flexibility index (Phi) is 9.36. The maximum Gasteiger partial charge on any atom is 0.276 e. The van der Waals surface area contributed by atoms with E-state index in [1.807, 2.05) is 19.1 Å². The number of aryl methyl sites for hydroxylation is 1. The summed E-state index contributed by atoms with van der Waals surface area (Å²) in [7, 11) is 0. The van der Waals surface area contributed by atoms with E-state index in [1.54, 1.807) is 6.07 Å². The smallest absolute Gasteiger partial charge is 0.276 e. The van der Waals surface area contributed by atoms with Crippen LogP contribution in [0.2, 0.25) is 0 Å². The molecule has 128 valence electrons. The van der Waals surface area contributed by atoms with E-state index in [2.05, 4.69) is 33.7 Å². The highest BCUT2D eigenvalue weighted by Gasteiger charge is 2.06. The number of hydrogen-bond acceptors (Lipinski definition) is 3. The van der Waals surface area contributed by atoms with Crippen molar-refractivity contribution in [1.82, 2.24) is 10.9 Å². The third kappa shape index (κ3) is 8.59. The highest BCUT2D eigenvalue weighted by Crippen LogP contribution is 2.21. The molecule has 0 saturated carbocycles. The van der Waals surface area contributed by atoms with E-state index in [0.29, 0.717) is 12.2 Å². The Morgan fingerprint density at radius 1 is 1.09 bits per heavy atom. The lowest BCUT2D eigenvalue weighted by Crippen LogP contribution is -2.43. The van der Waals surface area contributed by atoms with Gasteiger partial charge in [0.1, 0.15) is 5.75 Å². The van der Waals surface area contributed by atoms with Crippen molar-refractivity contribution in [1.29, 1.82) is 0 Å². The molecule has 2 amide bonds. The summed E-state index contributed by atoms with van der Waals surface area (Å²) in [5, 5.41) is 0. The lowest BCUT2D eigenvalue weighted by Gasteiger charge is -2.09. The molecule has 0 unspecified atom stereocenters. The number of carbonyl (C=O) groups is 2. The van der Waals surface area contributed by atoms with E-state index in [-0.39, 0.29) is 18.4 Å². The Labute approximate surface area is 146 Å². The standard InChI is InChI=1S/C17H25BrN2O3/c1-3-4-5-6-7-8-16(21)19-20-17(22)12-23-14-9-10-15(18)13(2)11-14/h9-11H,3-8,12H2,1-2H3,(H,19,21)(H,20,22). The lowest BCUT2D eigenvalue weighted by molar-refractivity contribution is -0.130. The van der Waals surface area contributed by atoms with Gasteiger partial charge in [-0.25, -0.2) is 0 Å². The van der Waals surface area contributed by atoms with E-state index in [9.17, 15) is 9.59 Å². The number of hydrogen-bond donors (Lipinski definition) is 2. The van der Waals surface area contributed by atoms with Crippen molar-refractivity contribution in [3.8, 4) is 5.75 Å². The fraction of sp³-hybridized carbons (Fsp3) is 0.529. The van der Waals surface area contributed by atoms with Crippen LogP contribution in [0.3, 0.4) is 0 Å². The molecule has 0 radical (unpaired) electrons. The molecule has 1 aromatic rings. The molecule has 0 aromatic heterocycles. The van der Waals surface area contributed by atoms with E-state index >= 15 is 0 Å². The first-order valence-electron chi connectivity index (χ1n) is 7.99. The Morgan fingerprint density at radius 3 is 2.48 bits per heavy atom. The Morgan fingerprint density at radius 2 is 1.78 bits per heavy atom. The fourth-order valence-electron chi connectivity index (χ4n) is 1.98. The van der Waals surface area contributed by atoms with E-state index < -0.39 is 0 Å². The number of carbonyl (C=O) groups excluding carboxylic acids is 2. The van der Waals surface area contributed by atoms with Crippen LogP contribution in [-0.4, -0.2) is 18.4 Å². The van der Waals surface area contributed by atoms with E-state index in [0.717, 1.165) is 29.3 Å². The van der Waals surface area contributed by atoms with E-state index in [4.69, 9.17) is 4.74 Å². The topological polar surface area (TPSA) is 67.4 Å². The third-order valence-electron chi connectivity index (χ3n) is 3.35. The molecule has 0 heterocycles. The molecule has 0 saturated heterocycles. The van der Waals surface area contributed by atoms with Gasteiger partial charge < -0.3 is 4.74 Å². The Balaban J connectivity index is 2.16. The fourth-order valence-corrected chi connectivity index (χ4v) is 2.23. The van der Waals surface area contributed by atoms with Gasteiger partial charge in [-0.2, -0.15) is 0 Å². The van der Waals surface area contributed by atoms with Crippen molar-refractivity contribution in [3.05, 3.63) is 28.2 Å². The Hall–Kier alpha value is -1.56. The van der Waals surface area contributed by atoms with Gasteiger partial charge in [0, 0.05) is 10.9 Å². The van der Waals surface area contributed by atoms with Gasteiger partial charge in [-0.3, -0.25) is 20.4 Å². The molecule has 0 aliphatic heterocycles. The predicted molar refractivity (Wildman–Crippen MR) is 94.0 cm³/mol. The van der Waals surface area contributed by atoms with Crippen LogP contribution < -0.4 is 15.6 Å². The summed E-state index contributed by atoms with van der Waals surface area (Å²) in [6.45, 7) is 3.95. The summed E-state index contributed by atoms with van der Waals surface area (Å²) < 4.78 is 6.36. The van der Waals surface area contributed by atoms with Crippen LogP contribution in [0.25, 0.3) is 0 Å². The van der Waals surface area contributed by atoms with Gasteiger partial charge in [-0.05, 0) is 37.1 Å². The van der Waals surface area contributed by atoms with Crippen LogP contribution in [0, 0.1) is 6.92 Å². The molecule has 0 aliphatic rings. The van der Waals surface area contributed by atoms with Crippen LogP contribution in [0.5, 0.6) is 5.75 Å². The number of nitrogens with one attached hydrogen (secondary N) is 2. The molecule has 0 atom stereocenters.